The van der Waals surface area contributed by atoms with Crippen molar-refractivity contribution in [3.63, 3.8) is 0 Å². The Morgan fingerprint density at radius 1 is 1.43 bits per heavy atom. The monoisotopic (exact) mass is 199 g/mol. The molecule has 2 nitrogen and oxygen atoms in total. The van der Waals surface area contributed by atoms with Crippen LogP contribution in [0.3, 0.4) is 0 Å². The van der Waals surface area contributed by atoms with E-state index < -0.39 is 0 Å². The maximum Gasteiger partial charge on any atom is 0.0558 e. The Hall–Kier alpha value is -0.0800. The van der Waals surface area contributed by atoms with Gasteiger partial charge in [-0.25, -0.2) is 0 Å². The zero-order valence-electron chi connectivity index (χ0n) is 9.71. The van der Waals surface area contributed by atoms with E-state index in [0.717, 1.165) is 18.5 Å². The number of hydrogen-bond donors (Lipinski definition) is 1. The lowest BCUT2D eigenvalue weighted by Gasteiger charge is -2.38. The minimum absolute atomic E-state index is 0.315. The van der Waals surface area contributed by atoms with Crippen LogP contribution < -0.4 is 0 Å². The summed E-state index contributed by atoms with van der Waals surface area (Å²) in [5.74, 6) is 0.784. The van der Waals surface area contributed by atoms with Crippen LogP contribution in [-0.4, -0.2) is 35.7 Å². The molecule has 0 aliphatic heterocycles. The van der Waals surface area contributed by atoms with E-state index in [1.54, 1.807) is 0 Å². The minimum Gasteiger partial charge on any atom is -0.395 e. The zero-order valence-corrected chi connectivity index (χ0v) is 9.71. The van der Waals surface area contributed by atoms with Gasteiger partial charge in [0, 0.05) is 19.1 Å². The molecule has 14 heavy (non-hydrogen) atoms. The Bertz CT molecular complexity index is 145. The highest BCUT2D eigenvalue weighted by Gasteiger charge is 2.25. The number of aliphatic hydroxyl groups excluding tert-OH is 1. The molecule has 84 valence electrons. The third-order valence-corrected chi connectivity index (χ3v) is 3.31. The second kappa shape index (κ2) is 6.41. The lowest BCUT2D eigenvalue weighted by atomic mass is 9.90. The summed E-state index contributed by atoms with van der Waals surface area (Å²) in [6.07, 6.45) is 6.67. The summed E-state index contributed by atoms with van der Waals surface area (Å²) in [6.45, 7) is 6.94. The number of hydrogen-bond acceptors (Lipinski definition) is 2. The molecule has 0 aromatic carbocycles. The van der Waals surface area contributed by atoms with Crippen molar-refractivity contribution in [2.24, 2.45) is 5.92 Å². The van der Waals surface area contributed by atoms with E-state index in [1.807, 2.05) is 0 Å². The highest BCUT2D eigenvalue weighted by atomic mass is 16.3. The average Bonchev–Trinajstić information content (AvgIpc) is 2.01. The molecule has 1 aliphatic carbocycles. The van der Waals surface area contributed by atoms with Crippen LogP contribution in [-0.2, 0) is 0 Å². The van der Waals surface area contributed by atoms with Gasteiger partial charge in [0.2, 0.25) is 0 Å². The third kappa shape index (κ3) is 3.58. The summed E-state index contributed by atoms with van der Waals surface area (Å²) in [6, 6.07) is 0.779. The molecule has 2 heteroatoms. The van der Waals surface area contributed by atoms with Gasteiger partial charge < -0.3 is 5.11 Å². The molecule has 0 aromatic heterocycles. The van der Waals surface area contributed by atoms with Crippen LogP contribution in [0.2, 0.25) is 0 Å². The Morgan fingerprint density at radius 3 is 2.57 bits per heavy atom. The van der Waals surface area contributed by atoms with Gasteiger partial charge in [-0.1, -0.05) is 26.7 Å². The normalized spacial score (nSPS) is 19.7. The lowest BCUT2D eigenvalue weighted by Crippen LogP contribution is -2.43. The minimum atomic E-state index is 0.315. The first-order valence-corrected chi connectivity index (χ1v) is 6.12. The standard InChI is InChI=1S/C12H25NO/c1-3-5-11(2)10-13(8-9-14)12-6-4-7-12/h11-12,14H,3-10H2,1-2H3. The molecule has 1 saturated carbocycles. The Kier molecular flexibility index (Phi) is 5.49. The Labute approximate surface area is 88.3 Å². The summed E-state index contributed by atoms with van der Waals surface area (Å²) in [4.78, 5) is 2.49. The van der Waals surface area contributed by atoms with Crippen LogP contribution in [0, 0.1) is 5.92 Å². The smallest absolute Gasteiger partial charge is 0.0558 e. The Balaban J connectivity index is 2.26. The molecule has 1 aliphatic rings. The molecule has 0 radical (unpaired) electrons. The van der Waals surface area contributed by atoms with Gasteiger partial charge in [0.1, 0.15) is 0 Å². The van der Waals surface area contributed by atoms with Gasteiger partial charge in [-0.3, -0.25) is 4.90 Å². The van der Waals surface area contributed by atoms with Gasteiger partial charge in [-0.05, 0) is 25.2 Å². The molecular weight excluding hydrogens is 174 g/mol. The fourth-order valence-corrected chi connectivity index (χ4v) is 2.29. The van der Waals surface area contributed by atoms with Gasteiger partial charge in [0.15, 0.2) is 0 Å². The quantitative estimate of drug-likeness (QED) is 0.680. The van der Waals surface area contributed by atoms with Crippen molar-refractivity contribution in [3.8, 4) is 0 Å². The molecule has 0 bridgehead atoms. The molecule has 0 amide bonds. The number of nitrogens with zero attached hydrogens (tertiary/aromatic N) is 1. The largest absolute Gasteiger partial charge is 0.395 e. The van der Waals surface area contributed by atoms with Gasteiger partial charge in [-0.15, -0.1) is 0 Å². The molecule has 0 spiro atoms. The van der Waals surface area contributed by atoms with Crippen molar-refractivity contribution in [1.82, 2.24) is 4.90 Å². The van der Waals surface area contributed by atoms with Crippen molar-refractivity contribution in [3.05, 3.63) is 0 Å². The first kappa shape index (κ1) is 12.0. The van der Waals surface area contributed by atoms with E-state index >= 15 is 0 Å². The molecule has 1 fully saturated rings. The summed E-state index contributed by atoms with van der Waals surface area (Å²) >= 11 is 0. The molecule has 1 atom stereocenters. The summed E-state index contributed by atoms with van der Waals surface area (Å²) in [7, 11) is 0. The Morgan fingerprint density at radius 2 is 2.14 bits per heavy atom. The van der Waals surface area contributed by atoms with Crippen LogP contribution in [0.15, 0.2) is 0 Å². The predicted molar refractivity (Wildman–Crippen MR) is 60.4 cm³/mol. The summed E-state index contributed by atoms with van der Waals surface area (Å²) < 4.78 is 0. The fourth-order valence-electron chi connectivity index (χ4n) is 2.29. The molecular formula is C12H25NO. The fraction of sp³-hybridized carbons (Fsp3) is 1.00. The van der Waals surface area contributed by atoms with Crippen LogP contribution >= 0.6 is 0 Å². The topological polar surface area (TPSA) is 23.5 Å². The molecule has 1 unspecified atom stereocenters. The first-order valence-electron chi connectivity index (χ1n) is 6.12. The van der Waals surface area contributed by atoms with Crippen molar-refractivity contribution in [2.45, 2.75) is 52.0 Å². The highest BCUT2D eigenvalue weighted by molar-refractivity contribution is 4.80. The first-order chi connectivity index (χ1) is 6.77. The molecule has 1 rings (SSSR count). The second-order valence-electron chi connectivity index (χ2n) is 4.70. The van der Waals surface area contributed by atoms with Gasteiger partial charge in [0.05, 0.1) is 6.61 Å². The van der Waals surface area contributed by atoms with Crippen LogP contribution in [0.5, 0.6) is 0 Å². The van der Waals surface area contributed by atoms with E-state index in [1.165, 1.54) is 38.6 Å². The van der Waals surface area contributed by atoms with E-state index in [9.17, 15) is 0 Å². The van der Waals surface area contributed by atoms with Crippen molar-refractivity contribution < 1.29 is 5.11 Å². The van der Waals surface area contributed by atoms with Crippen molar-refractivity contribution >= 4 is 0 Å². The van der Waals surface area contributed by atoms with Crippen molar-refractivity contribution in [2.75, 3.05) is 19.7 Å². The molecule has 0 heterocycles. The number of aliphatic hydroxyl groups is 1. The van der Waals surface area contributed by atoms with Gasteiger partial charge in [-0.2, -0.15) is 0 Å². The van der Waals surface area contributed by atoms with E-state index in [2.05, 4.69) is 18.7 Å². The average molecular weight is 199 g/mol. The van der Waals surface area contributed by atoms with E-state index in [4.69, 9.17) is 5.11 Å². The summed E-state index contributed by atoms with van der Waals surface area (Å²) in [5.41, 5.74) is 0. The lowest BCUT2D eigenvalue weighted by molar-refractivity contribution is 0.0860. The zero-order chi connectivity index (χ0) is 10.4. The predicted octanol–water partition coefficient (Wildman–Crippen LogP) is 2.27. The second-order valence-corrected chi connectivity index (χ2v) is 4.70. The maximum absolute atomic E-state index is 9.01. The van der Waals surface area contributed by atoms with E-state index in [-0.39, 0.29) is 0 Å². The number of rotatable bonds is 7. The summed E-state index contributed by atoms with van der Waals surface area (Å²) in [5, 5.41) is 9.01. The molecule has 0 aromatic rings. The van der Waals surface area contributed by atoms with Crippen LogP contribution in [0.25, 0.3) is 0 Å². The molecule has 1 N–H and O–H groups in total. The third-order valence-electron chi connectivity index (χ3n) is 3.31. The van der Waals surface area contributed by atoms with E-state index in [0.29, 0.717) is 6.61 Å². The van der Waals surface area contributed by atoms with Crippen molar-refractivity contribution in [1.29, 1.82) is 0 Å². The van der Waals surface area contributed by atoms with Gasteiger partial charge in [0.25, 0.3) is 0 Å². The SMILES string of the molecule is CCCC(C)CN(CCO)C1CCC1. The van der Waals surface area contributed by atoms with Gasteiger partial charge >= 0.3 is 0 Å². The van der Waals surface area contributed by atoms with Crippen LogP contribution in [0.4, 0.5) is 0 Å². The highest BCUT2D eigenvalue weighted by Crippen LogP contribution is 2.25. The van der Waals surface area contributed by atoms with Crippen LogP contribution in [0.1, 0.15) is 46.0 Å². The molecule has 0 saturated heterocycles. The maximum atomic E-state index is 9.01.